The molecule has 26 heavy (non-hydrogen) atoms. The van der Waals surface area contributed by atoms with Crippen LogP contribution in [0.25, 0.3) is 21.0 Å². The van der Waals surface area contributed by atoms with Gasteiger partial charge in [0.2, 0.25) is 0 Å². The first-order chi connectivity index (χ1) is 12.6. The molecule has 0 aliphatic rings. The molecule has 0 saturated carbocycles. The van der Waals surface area contributed by atoms with Gasteiger partial charge in [-0.05, 0) is 66.9 Å². The molecule has 4 heteroatoms. The molecular weight excluding hydrogens is 340 g/mol. The topological polar surface area (TPSA) is 34.4 Å². The van der Waals surface area contributed by atoms with E-state index in [0.29, 0.717) is 5.56 Å². The first kappa shape index (κ1) is 16.7. The van der Waals surface area contributed by atoms with Gasteiger partial charge in [0, 0.05) is 12.1 Å². The van der Waals surface area contributed by atoms with Crippen LogP contribution in [0.1, 0.15) is 28.4 Å². The molecule has 1 heterocycles. The van der Waals surface area contributed by atoms with Crippen LogP contribution in [0, 0.1) is 13.8 Å². The summed E-state index contributed by atoms with van der Waals surface area (Å²) in [7, 11) is 0. The number of benzene rings is 3. The van der Waals surface area contributed by atoms with Crippen molar-refractivity contribution >= 4 is 38.2 Å². The first-order valence-corrected chi connectivity index (χ1v) is 9.57. The van der Waals surface area contributed by atoms with E-state index >= 15 is 0 Å². The summed E-state index contributed by atoms with van der Waals surface area (Å²) < 4.78 is 3.28. The molecule has 3 aromatic carbocycles. The summed E-state index contributed by atoms with van der Waals surface area (Å²) in [6.45, 7) is 7.10. The van der Waals surface area contributed by atoms with Crippen molar-refractivity contribution < 1.29 is 4.79 Å². The van der Waals surface area contributed by atoms with Crippen LogP contribution in [0.4, 0.5) is 0 Å². The average molecular weight is 360 g/mol. The van der Waals surface area contributed by atoms with Crippen molar-refractivity contribution in [1.82, 2.24) is 4.57 Å². The lowest BCUT2D eigenvalue weighted by Gasteiger charge is -2.03. The van der Waals surface area contributed by atoms with Crippen molar-refractivity contribution in [2.24, 2.45) is 4.99 Å². The number of thiazole rings is 1. The van der Waals surface area contributed by atoms with Gasteiger partial charge in [-0.3, -0.25) is 4.79 Å². The molecule has 0 atom stereocenters. The summed E-state index contributed by atoms with van der Waals surface area (Å²) in [4.78, 5) is 18.0. The van der Waals surface area contributed by atoms with Crippen molar-refractivity contribution in [2.75, 3.05) is 0 Å². The van der Waals surface area contributed by atoms with Crippen molar-refractivity contribution in [3.8, 4) is 0 Å². The molecule has 0 saturated heterocycles. The number of aromatic nitrogens is 1. The van der Waals surface area contributed by atoms with Crippen molar-refractivity contribution in [3.05, 3.63) is 76.1 Å². The highest BCUT2D eigenvalue weighted by Crippen LogP contribution is 2.22. The zero-order chi connectivity index (χ0) is 18.3. The summed E-state index contributed by atoms with van der Waals surface area (Å²) in [5.74, 6) is -0.196. The van der Waals surface area contributed by atoms with Gasteiger partial charge < -0.3 is 4.57 Å². The second kappa shape index (κ2) is 6.54. The van der Waals surface area contributed by atoms with E-state index in [4.69, 9.17) is 0 Å². The van der Waals surface area contributed by atoms with Gasteiger partial charge in [0.05, 0.1) is 10.2 Å². The highest BCUT2D eigenvalue weighted by atomic mass is 32.1. The lowest BCUT2D eigenvalue weighted by Crippen LogP contribution is -2.15. The van der Waals surface area contributed by atoms with Gasteiger partial charge in [-0.15, -0.1) is 0 Å². The highest BCUT2D eigenvalue weighted by molar-refractivity contribution is 7.16. The number of fused-ring (bicyclic) bond motifs is 2. The van der Waals surface area contributed by atoms with Gasteiger partial charge in [0.15, 0.2) is 4.80 Å². The highest BCUT2D eigenvalue weighted by Gasteiger charge is 2.10. The third kappa shape index (κ3) is 2.86. The Labute approximate surface area is 156 Å². The van der Waals surface area contributed by atoms with Gasteiger partial charge in [-0.1, -0.05) is 41.7 Å². The maximum Gasteiger partial charge on any atom is 0.279 e. The molecule has 0 aliphatic heterocycles. The molecule has 0 N–H and O–H groups in total. The molecule has 0 unspecified atom stereocenters. The summed E-state index contributed by atoms with van der Waals surface area (Å²) >= 11 is 1.57. The molecule has 4 aromatic rings. The predicted octanol–water partition coefficient (Wildman–Crippen LogP) is 5.23. The second-order valence-electron chi connectivity index (χ2n) is 6.51. The van der Waals surface area contributed by atoms with E-state index in [1.807, 2.05) is 42.5 Å². The van der Waals surface area contributed by atoms with Crippen LogP contribution in [0.15, 0.2) is 59.6 Å². The summed E-state index contributed by atoms with van der Waals surface area (Å²) in [5, 5.41) is 2.18. The van der Waals surface area contributed by atoms with Crippen LogP contribution in [-0.4, -0.2) is 10.5 Å². The van der Waals surface area contributed by atoms with Gasteiger partial charge in [0.1, 0.15) is 0 Å². The van der Waals surface area contributed by atoms with E-state index in [9.17, 15) is 4.79 Å². The normalized spacial score (nSPS) is 12.2. The fraction of sp³-hybridized carbons (Fsp3) is 0.182. The van der Waals surface area contributed by atoms with E-state index in [-0.39, 0.29) is 5.91 Å². The van der Waals surface area contributed by atoms with E-state index in [0.717, 1.165) is 27.6 Å². The fourth-order valence-corrected chi connectivity index (χ4v) is 4.36. The van der Waals surface area contributed by atoms with Crippen LogP contribution in [-0.2, 0) is 6.54 Å². The number of hydrogen-bond donors (Lipinski definition) is 0. The largest absolute Gasteiger partial charge is 0.317 e. The molecule has 3 nitrogen and oxygen atoms in total. The third-order valence-corrected chi connectivity index (χ3v) is 5.85. The Morgan fingerprint density at radius 2 is 1.73 bits per heavy atom. The number of rotatable bonds is 2. The van der Waals surface area contributed by atoms with Crippen LogP contribution in [0.5, 0.6) is 0 Å². The standard InChI is InChI=1S/C22H20N2OS/c1-4-24-19-11-14(2)15(3)12-20(19)26-22(24)23-21(25)18-10-9-16-7-5-6-8-17(16)13-18/h5-13H,4H2,1-3H3. The first-order valence-electron chi connectivity index (χ1n) is 8.75. The Balaban J connectivity index is 1.85. The van der Waals surface area contributed by atoms with Gasteiger partial charge >= 0.3 is 0 Å². The molecule has 0 aliphatic carbocycles. The third-order valence-electron chi connectivity index (χ3n) is 4.81. The monoisotopic (exact) mass is 360 g/mol. The average Bonchev–Trinajstić information content (AvgIpc) is 2.97. The fourth-order valence-electron chi connectivity index (χ4n) is 3.19. The smallest absolute Gasteiger partial charge is 0.279 e. The summed E-state index contributed by atoms with van der Waals surface area (Å²) in [5.41, 5.74) is 4.28. The van der Waals surface area contributed by atoms with Crippen LogP contribution in [0.3, 0.4) is 0 Å². The number of amides is 1. The Morgan fingerprint density at radius 1 is 1.00 bits per heavy atom. The number of nitrogens with zero attached hydrogens (tertiary/aromatic N) is 2. The molecule has 1 amide bonds. The lowest BCUT2D eigenvalue weighted by atomic mass is 10.1. The van der Waals surface area contributed by atoms with E-state index < -0.39 is 0 Å². The minimum absolute atomic E-state index is 0.196. The van der Waals surface area contributed by atoms with E-state index in [1.165, 1.54) is 15.8 Å². The molecule has 4 rings (SSSR count). The number of aryl methyl sites for hydroxylation is 3. The Bertz CT molecular complexity index is 1210. The Kier molecular flexibility index (Phi) is 4.21. The maximum absolute atomic E-state index is 12.8. The lowest BCUT2D eigenvalue weighted by molar-refractivity contribution is 0.0998. The molecule has 0 radical (unpaired) electrons. The van der Waals surface area contributed by atoms with Gasteiger partial charge in [-0.2, -0.15) is 4.99 Å². The van der Waals surface area contributed by atoms with Crippen molar-refractivity contribution in [2.45, 2.75) is 27.3 Å². The Hall–Kier alpha value is -2.72. The molecule has 0 fully saturated rings. The summed E-state index contributed by atoms with van der Waals surface area (Å²) in [6.07, 6.45) is 0. The van der Waals surface area contributed by atoms with E-state index in [2.05, 4.69) is 42.5 Å². The van der Waals surface area contributed by atoms with Crippen molar-refractivity contribution in [3.63, 3.8) is 0 Å². The molecule has 0 bridgehead atoms. The van der Waals surface area contributed by atoms with Crippen LogP contribution < -0.4 is 4.80 Å². The molecule has 130 valence electrons. The van der Waals surface area contributed by atoms with Gasteiger partial charge in [-0.25, -0.2) is 0 Å². The second-order valence-corrected chi connectivity index (χ2v) is 7.52. The van der Waals surface area contributed by atoms with Crippen LogP contribution >= 0.6 is 11.3 Å². The quantitative estimate of drug-likeness (QED) is 0.482. The minimum atomic E-state index is -0.196. The predicted molar refractivity (Wildman–Crippen MR) is 109 cm³/mol. The van der Waals surface area contributed by atoms with Crippen molar-refractivity contribution in [1.29, 1.82) is 0 Å². The number of carbonyl (C=O) groups excluding carboxylic acids is 1. The minimum Gasteiger partial charge on any atom is -0.317 e. The molecule has 0 spiro atoms. The SMILES string of the molecule is CCn1c(=NC(=O)c2ccc3ccccc3c2)sc2cc(C)c(C)cc21. The van der Waals surface area contributed by atoms with E-state index in [1.54, 1.807) is 11.3 Å². The van der Waals surface area contributed by atoms with Crippen LogP contribution in [0.2, 0.25) is 0 Å². The molecule has 1 aromatic heterocycles. The van der Waals surface area contributed by atoms with Gasteiger partial charge in [0.25, 0.3) is 5.91 Å². The number of hydrogen-bond acceptors (Lipinski definition) is 2. The Morgan fingerprint density at radius 3 is 2.50 bits per heavy atom. The summed E-state index contributed by atoms with van der Waals surface area (Å²) in [6, 6.07) is 18.2. The zero-order valence-electron chi connectivity index (χ0n) is 15.1. The zero-order valence-corrected chi connectivity index (χ0v) is 15.9. The maximum atomic E-state index is 12.8. The number of carbonyl (C=O) groups is 1. The molecular formula is C22H20N2OS.